The molecule has 2 aromatic carbocycles. The number of fused-ring (bicyclic) bond motifs is 2. The van der Waals surface area contributed by atoms with Gasteiger partial charge in [0.15, 0.2) is 5.69 Å². The van der Waals surface area contributed by atoms with E-state index in [0.717, 1.165) is 38.0 Å². The lowest BCUT2D eigenvalue weighted by atomic mass is 9.93. The number of carbonyl (C=O) groups excluding carboxylic acids is 2. The van der Waals surface area contributed by atoms with E-state index in [-0.39, 0.29) is 11.8 Å². The number of benzene rings is 2. The van der Waals surface area contributed by atoms with Crippen LogP contribution in [0.4, 0.5) is 5.69 Å². The highest BCUT2D eigenvalue weighted by molar-refractivity contribution is 6.30. The van der Waals surface area contributed by atoms with Crippen molar-refractivity contribution in [1.82, 2.24) is 20.0 Å². The van der Waals surface area contributed by atoms with Crippen molar-refractivity contribution in [2.24, 2.45) is 5.92 Å². The van der Waals surface area contributed by atoms with Crippen LogP contribution in [0.15, 0.2) is 36.4 Å². The average Bonchev–Trinajstić information content (AvgIpc) is 3.60. The van der Waals surface area contributed by atoms with E-state index in [0.29, 0.717) is 53.1 Å². The first kappa shape index (κ1) is 23.3. The van der Waals surface area contributed by atoms with Gasteiger partial charge in [0.05, 0.1) is 5.69 Å². The quantitative estimate of drug-likeness (QED) is 0.567. The van der Waals surface area contributed by atoms with Crippen molar-refractivity contribution < 1.29 is 9.59 Å². The predicted molar refractivity (Wildman–Crippen MR) is 140 cm³/mol. The van der Waals surface area contributed by atoms with Crippen LogP contribution in [-0.4, -0.2) is 53.2 Å². The van der Waals surface area contributed by atoms with Crippen LogP contribution in [0.5, 0.6) is 0 Å². The van der Waals surface area contributed by atoms with Crippen LogP contribution in [-0.2, 0) is 19.4 Å². The van der Waals surface area contributed by atoms with Crippen LogP contribution in [0.2, 0.25) is 5.02 Å². The van der Waals surface area contributed by atoms with Crippen LogP contribution >= 0.6 is 11.6 Å². The minimum atomic E-state index is -0.215. The Hall–Kier alpha value is -3.16. The molecule has 3 aliphatic rings. The van der Waals surface area contributed by atoms with Gasteiger partial charge in [0.1, 0.15) is 5.69 Å². The fourth-order valence-electron chi connectivity index (χ4n) is 5.42. The third kappa shape index (κ3) is 4.20. The largest absolute Gasteiger partial charge is 0.350 e. The third-order valence-corrected chi connectivity index (χ3v) is 7.81. The zero-order chi connectivity index (χ0) is 25.0. The molecule has 0 radical (unpaired) electrons. The van der Waals surface area contributed by atoms with Gasteiger partial charge in [-0.05, 0) is 92.6 Å². The molecule has 1 aromatic heterocycles. The van der Waals surface area contributed by atoms with Gasteiger partial charge in [-0.1, -0.05) is 17.7 Å². The Morgan fingerprint density at radius 2 is 1.92 bits per heavy atom. The van der Waals surface area contributed by atoms with E-state index < -0.39 is 0 Å². The number of halogens is 1. The normalized spacial score (nSPS) is 17.6. The maximum absolute atomic E-state index is 14.0. The van der Waals surface area contributed by atoms with Crippen LogP contribution in [0.3, 0.4) is 0 Å². The summed E-state index contributed by atoms with van der Waals surface area (Å²) in [6, 6.07) is 11.5. The van der Waals surface area contributed by atoms with E-state index in [9.17, 15) is 9.59 Å². The zero-order valence-electron chi connectivity index (χ0n) is 20.7. The molecule has 186 valence electrons. The summed E-state index contributed by atoms with van der Waals surface area (Å²) in [4.78, 5) is 31.3. The number of carbonyl (C=O) groups is 2. The van der Waals surface area contributed by atoms with Crippen molar-refractivity contribution >= 4 is 29.1 Å². The first-order valence-corrected chi connectivity index (χ1v) is 13.1. The highest BCUT2D eigenvalue weighted by Gasteiger charge is 2.36. The van der Waals surface area contributed by atoms with Crippen LogP contribution in [0.1, 0.15) is 56.1 Å². The number of anilines is 1. The monoisotopic (exact) mass is 503 g/mol. The van der Waals surface area contributed by atoms with Crippen molar-refractivity contribution in [1.29, 1.82) is 0 Å². The summed E-state index contributed by atoms with van der Waals surface area (Å²) in [5.41, 5.74) is 6.93. The van der Waals surface area contributed by atoms with Gasteiger partial charge < -0.3 is 15.1 Å². The van der Waals surface area contributed by atoms with Crippen molar-refractivity contribution in [3.63, 3.8) is 0 Å². The number of aromatic nitrogens is 2. The lowest BCUT2D eigenvalue weighted by Gasteiger charge is -2.31. The van der Waals surface area contributed by atoms with E-state index >= 15 is 0 Å². The third-order valence-electron chi connectivity index (χ3n) is 7.58. The summed E-state index contributed by atoms with van der Waals surface area (Å²) < 4.78 is 1.60. The van der Waals surface area contributed by atoms with E-state index in [1.54, 1.807) is 16.8 Å². The van der Waals surface area contributed by atoms with Gasteiger partial charge in [-0.2, -0.15) is 5.10 Å². The van der Waals surface area contributed by atoms with Gasteiger partial charge in [-0.25, -0.2) is 4.68 Å². The summed E-state index contributed by atoms with van der Waals surface area (Å²) in [6.07, 6.45) is 3.89. The maximum Gasteiger partial charge on any atom is 0.277 e. The van der Waals surface area contributed by atoms with E-state index in [1.807, 2.05) is 17.0 Å². The van der Waals surface area contributed by atoms with Gasteiger partial charge in [0.2, 0.25) is 0 Å². The number of amides is 2. The number of likely N-dealkylation sites (N-methyl/N-ethyl adjacent to an activating group) is 1. The molecular weight excluding hydrogens is 474 g/mol. The Kier molecular flexibility index (Phi) is 5.85. The van der Waals surface area contributed by atoms with Crippen molar-refractivity contribution in [3.8, 4) is 5.69 Å². The average molecular weight is 504 g/mol. The van der Waals surface area contributed by atoms with Crippen LogP contribution in [0.25, 0.3) is 5.69 Å². The molecule has 1 saturated carbocycles. The molecule has 8 heteroatoms. The van der Waals surface area contributed by atoms with Gasteiger partial charge in [0.25, 0.3) is 11.8 Å². The Labute approximate surface area is 216 Å². The second-order valence-electron chi connectivity index (χ2n) is 10.3. The molecule has 1 aliphatic carbocycles. The maximum atomic E-state index is 14.0. The minimum absolute atomic E-state index is 0.145. The molecule has 0 bridgehead atoms. The molecule has 0 atom stereocenters. The Morgan fingerprint density at radius 1 is 1.11 bits per heavy atom. The molecule has 0 unspecified atom stereocenters. The van der Waals surface area contributed by atoms with Crippen molar-refractivity contribution in [3.05, 3.63) is 75.1 Å². The van der Waals surface area contributed by atoms with Gasteiger partial charge in [-0.3, -0.25) is 9.59 Å². The highest BCUT2D eigenvalue weighted by Crippen LogP contribution is 2.33. The molecule has 1 N–H and O–H groups in total. The second kappa shape index (κ2) is 9.05. The molecule has 0 saturated heterocycles. The topological polar surface area (TPSA) is 70.5 Å². The number of hydrogen-bond donors (Lipinski definition) is 1. The molecule has 1 fully saturated rings. The first-order chi connectivity index (χ1) is 17.4. The number of rotatable bonds is 5. The fourth-order valence-corrected chi connectivity index (χ4v) is 5.61. The van der Waals surface area contributed by atoms with E-state index in [4.69, 9.17) is 11.6 Å². The highest BCUT2D eigenvalue weighted by atomic mass is 35.5. The van der Waals surface area contributed by atoms with Gasteiger partial charge in [0, 0.05) is 42.5 Å². The van der Waals surface area contributed by atoms with E-state index in [2.05, 4.69) is 41.4 Å². The molecule has 36 heavy (non-hydrogen) atoms. The summed E-state index contributed by atoms with van der Waals surface area (Å²) in [5.74, 6) is 0.199. The summed E-state index contributed by atoms with van der Waals surface area (Å²) in [5, 5.41) is 8.24. The molecule has 3 aromatic rings. The Balaban J connectivity index is 1.41. The number of hydrogen-bond acceptors (Lipinski definition) is 4. The summed E-state index contributed by atoms with van der Waals surface area (Å²) >= 11 is 6.28. The Morgan fingerprint density at radius 3 is 2.69 bits per heavy atom. The van der Waals surface area contributed by atoms with Gasteiger partial charge >= 0.3 is 0 Å². The molecule has 6 rings (SSSR count). The molecule has 7 nitrogen and oxygen atoms in total. The fraction of sp³-hybridized carbons (Fsp3) is 0.393. The summed E-state index contributed by atoms with van der Waals surface area (Å²) in [7, 11) is 2.13. The summed E-state index contributed by atoms with van der Waals surface area (Å²) in [6.45, 7) is 5.21. The smallest absolute Gasteiger partial charge is 0.277 e. The molecule has 2 aliphatic heterocycles. The molecule has 3 heterocycles. The predicted octanol–water partition coefficient (Wildman–Crippen LogP) is 4.16. The van der Waals surface area contributed by atoms with E-state index in [1.165, 1.54) is 16.7 Å². The number of nitrogens with one attached hydrogen (secondary N) is 1. The standard InChI is InChI=1S/C28H30ClN5O2/c1-17-12-22(13-19-16-32(2)10-8-23(17)19)33-11-9-24-25(27(35)30-15-18-6-7-18)31-34(26(24)28(33)36)21-5-3-4-20(29)14-21/h3-5,12-14,18H,6-11,15-16H2,1-2H3,(H,30,35). The lowest BCUT2D eigenvalue weighted by molar-refractivity contribution is 0.0945. The second-order valence-corrected chi connectivity index (χ2v) is 10.8. The molecule has 0 spiro atoms. The zero-order valence-corrected chi connectivity index (χ0v) is 21.4. The number of nitrogens with zero attached hydrogens (tertiary/aromatic N) is 4. The first-order valence-electron chi connectivity index (χ1n) is 12.7. The van der Waals surface area contributed by atoms with Gasteiger partial charge in [-0.15, -0.1) is 0 Å². The Bertz CT molecular complexity index is 1380. The van der Waals surface area contributed by atoms with Crippen molar-refractivity contribution in [2.75, 3.05) is 31.6 Å². The molecular formula is C28H30ClN5O2. The van der Waals surface area contributed by atoms with Crippen LogP contribution in [0, 0.1) is 12.8 Å². The van der Waals surface area contributed by atoms with Crippen LogP contribution < -0.4 is 10.2 Å². The number of aryl methyl sites for hydroxylation is 1. The molecule has 2 amide bonds. The lowest BCUT2D eigenvalue weighted by Crippen LogP contribution is -2.39. The minimum Gasteiger partial charge on any atom is -0.350 e. The van der Waals surface area contributed by atoms with Crippen molar-refractivity contribution in [2.45, 2.75) is 39.2 Å². The SMILES string of the molecule is Cc1cc(N2CCc3c(C(=O)NCC4CC4)nn(-c4cccc(Cl)c4)c3C2=O)cc2c1CCN(C)C2.